The van der Waals surface area contributed by atoms with E-state index in [9.17, 15) is 22.8 Å². The van der Waals surface area contributed by atoms with E-state index in [0.29, 0.717) is 22.6 Å². The highest BCUT2D eigenvalue weighted by Gasteiger charge is 2.32. The van der Waals surface area contributed by atoms with Crippen molar-refractivity contribution in [2.24, 2.45) is 0 Å². The van der Waals surface area contributed by atoms with Crippen LogP contribution in [0.3, 0.4) is 0 Å². The number of H-pyrrole nitrogens is 1. The molecule has 2 heterocycles. The second-order valence-corrected chi connectivity index (χ2v) is 6.52. The third-order valence-corrected chi connectivity index (χ3v) is 4.25. The lowest BCUT2D eigenvalue weighted by atomic mass is 10.1. The van der Waals surface area contributed by atoms with Crippen LogP contribution in [0.15, 0.2) is 41.3 Å². The third kappa shape index (κ3) is 5.62. The van der Waals surface area contributed by atoms with Gasteiger partial charge in [-0.25, -0.2) is 4.79 Å². The SMILES string of the molecule is CCOC(=O)Cn1cc(/C=C/c2cc(C(F)(F)F)[nH]c(=O)n2)c(-c2ccc(OC)cc2)n1. The van der Waals surface area contributed by atoms with Crippen molar-refractivity contribution in [2.45, 2.75) is 19.6 Å². The molecular formula is C21H19F3N4O4. The number of carbonyl (C=O) groups is 1. The Hall–Kier alpha value is -3.89. The second-order valence-electron chi connectivity index (χ2n) is 6.52. The fraction of sp³-hybridized carbons (Fsp3) is 0.238. The van der Waals surface area contributed by atoms with Gasteiger partial charge in [-0.1, -0.05) is 0 Å². The summed E-state index contributed by atoms with van der Waals surface area (Å²) in [7, 11) is 1.53. The second kappa shape index (κ2) is 9.50. The molecule has 0 saturated heterocycles. The Bertz CT molecular complexity index is 1180. The minimum Gasteiger partial charge on any atom is -0.497 e. The van der Waals surface area contributed by atoms with Gasteiger partial charge in [0.15, 0.2) is 0 Å². The number of nitrogens with zero attached hydrogens (tertiary/aromatic N) is 3. The van der Waals surface area contributed by atoms with E-state index in [1.165, 1.54) is 23.9 Å². The minimum atomic E-state index is -4.72. The Balaban J connectivity index is 2.00. The van der Waals surface area contributed by atoms with E-state index in [0.717, 1.165) is 6.07 Å². The highest BCUT2D eigenvalue weighted by Crippen LogP contribution is 2.28. The number of nitrogens with one attached hydrogen (secondary N) is 1. The zero-order valence-electron chi connectivity index (χ0n) is 17.1. The van der Waals surface area contributed by atoms with E-state index in [-0.39, 0.29) is 18.8 Å². The number of carbonyl (C=O) groups excluding carboxylic acids is 1. The van der Waals surface area contributed by atoms with E-state index < -0.39 is 23.5 Å². The van der Waals surface area contributed by atoms with Crippen molar-refractivity contribution in [1.29, 1.82) is 0 Å². The first kappa shape index (κ1) is 22.8. The predicted octanol–water partition coefficient (Wildman–Crippen LogP) is 3.39. The maximum atomic E-state index is 13.0. The average molecular weight is 448 g/mol. The number of ether oxygens (including phenoxy) is 2. The molecule has 0 aliphatic carbocycles. The van der Waals surface area contributed by atoms with Gasteiger partial charge in [0, 0.05) is 17.3 Å². The predicted molar refractivity (Wildman–Crippen MR) is 110 cm³/mol. The Morgan fingerprint density at radius 3 is 2.56 bits per heavy atom. The zero-order chi connectivity index (χ0) is 23.3. The maximum absolute atomic E-state index is 13.0. The number of halogens is 3. The highest BCUT2D eigenvalue weighted by molar-refractivity contribution is 5.78. The average Bonchev–Trinajstić information content (AvgIpc) is 3.14. The summed E-state index contributed by atoms with van der Waals surface area (Å²) in [5, 5.41) is 4.40. The summed E-state index contributed by atoms with van der Waals surface area (Å²) in [6.45, 7) is 1.75. The molecule has 1 aromatic carbocycles. The summed E-state index contributed by atoms with van der Waals surface area (Å²) in [5.41, 5.74) is -0.856. The molecule has 1 N–H and O–H groups in total. The van der Waals surface area contributed by atoms with Crippen LogP contribution in [0.4, 0.5) is 13.2 Å². The minimum absolute atomic E-state index is 0.147. The third-order valence-electron chi connectivity index (χ3n) is 4.25. The highest BCUT2D eigenvalue weighted by atomic mass is 19.4. The van der Waals surface area contributed by atoms with Crippen LogP contribution in [0.2, 0.25) is 0 Å². The molecule has 11 heteroatoms. The molecule has 32 heavy (non-hydrogen) atoms. The molecule has 0 aliphatic heterocycles. The van der Waals surface area contributed by atoms with Crippen molar-refractivity contribution in [3.63, 3.8) is 0 Å². The lowest BCUT2D eigenvalue weighted by Gasteiger charge is -2.05. The molecule has 0 spiro atoms. The quantitative estimate of drug-likeness (QED) is 0.557. The van der Waals surface area contributed by atoms with E-state index in [1.54, 1.807) is 42.4 Å². The van der Waals surface area contributed by atoms with E-state index in [4.69, 9.17) is 9.47 Å². The maximum Gasteiger partial charge on any atom is 0.431 e. The van der Waals surface area contributed by atoms with Crippen molar-refractivity contribution < 1.29 is 27.4 Å². The van der Waals surface area contributed by atoms with Crippen LogP contribution in [0.1, 0.15) is 23.9 Å². The van der Waals surface area contributed by atoms with E-state index in [1.807, 2.05) is 0 Å². The molecule has 0 fully saturated rings. The molecule has 2 aromatic heterocycles. The molecule has 0 unspecified atom stereocenters. The molecule has 0 radical (unpaired) electrons. The summed E-state index contributed by atoms with van der Waals surface area (Å²) in [6.07, 6.45) is -0.437. The molecule has 3 aromatic rings. The molecule has 0 bridgehead atoms. The first-order valence-electron chi connectivity index (χ1n) is 9.43. The van der Waals surface area contributed by atoms with Gasteiger partial charge < -0.3 is 14.5 Å². The Morgan fingerprint density at radius 1 is 1.22 bits per heavy atom. The molecule has 168 valence electrons. The number of methoxy groups -OCH3 is 1. The van der Waals surface area contributed by atoms with Gasteiger partial charge in [0.1, 0.15) is 18.0 Å². The standard InChI is InChI=1S/C21H19F3N4O4/c1-3-32-18(29)12-28-11-14(19(27-28)13-5-8-16(31-2)9-6-13)4-7-15-10-17(21(22,23)24)26-20(30)25-15/h4-11H,3,12H2,1-2H3,(H,25,26,30)/b7-4+. The van der Waals surface area contributed by atoms with E-state index >= 15 is 0 Å². The van der Waals surface area contributed by atoms with Gasteiger partial charge in [-0.05, 0) is 49.4 Å². The molecule has 8 nitrogen and oxygen atoms in total. The number of esters is 1. The lowest BCUT2D eigenvalue weighted by Crippen LogP contribution is -2.19. The fourth-order valence-electron chi connectivity index (χ4n) is 2.84. The normalized spacial score (nSPS) is 11.7. The number of alkyl halides is 3. The molecule has 0 saturated carbocycles. The van der Waals surface area contributed by atoms with Gasteiger partial charge in [0.25, 0.3) is 0 Å². The van der Waals surface area contributed by atoms with Crippen LogP contribution in [-0.2, 0) is 22.3 Å². The summed E-state index contributed by atoms with van der Waals surface area (Å²) >= 11 is 0. The molecule has 0 aliphatic rings. The lowest BCUT2D eigenvalue weighted by molar-refractivity contribution is -0.144. The van der Waals surface area contributed by atoms with Gasteiger partial charge in [0.05, 0.1) is 25.1 Å². The van der Waals surface area contributed by atoms with Crippen molar-refractivity contribution in [3.05, 3.63) is 64.0 Å². The van der Waals surface area contributed by atoms with Gasteiger partial charge in [-0.2, -0.15) is 23.3 Å². The smallest absolute Gasteiger partial charge is 0.431 e. The number of benzene rings is 1. The Kier molecular flexibility index (Phi) is 6.76. The van der Waals surface area contributed by atoms with E-state index in [2.05, 4.69) is 10.1 Å². The van der Waals surface area contributed by atoms with Gasteiger partial charge >= 0.3 is 17.8 Å². The number of rotatable bonds is 7. The fourth-order valence-corrected chi connectivity index (χ4v) is 2.84. The van der Waals surface area contributed by atoms with Crippen molar-refractivity contribution in [2.75, 3.05) is 13.7 Å². The number of hydrogen-bond acceptors (Lipinski definition) is 6. The number of aromatic amines is 1. The van der Waals surface area contributed by atoms with Crippen molar-refractivity contribution in [1.82, 2.24) is 19.7 Å². The summed E-state index contributed by atoms with van der Waals surface area (Å²) in [5.74, 6) is 0.141. The first-order valence-corrected chi connectivity index (χ1v) is 9.43. The van der Waals surface area contributed by atoms with Crippen LogP contribution in [0, 0.1) is 0 Å². The van der Waals surface area contributed by atoms with Crippen LogP contribution in [-0.4, -0.2) is 39.4 Å². The molecular weight excluding hydrogens is 429 g/mol. The Morgan fingerprint density at radius 2 is 1.94 bits per heavy atom. The Labute approximate surface area is 180 Å². The van der Waals surface area contributed by atoms with Crippen molar-refractivity contribution in [3.8, 4) is 17.0 Å². The largest absolute Gasteiger partial charge is 0.497 e. The van der Waals surface area contributed by atoms with Crippen LogP contribution >= 0.6 is 0 Å². The molecule has 0 amide bonds. The monoisotopic (exact) mass is 448 g/mol. The summed E-state index contributed by atoms with van der Waals surface area (Å²) < 4.78 is 50.3. The molecule has 3 rings (SSSR count). The van der Waals surface area contributed by atoms with Crippen LogP contribution in [0.25, 0.3) is 23.4 Å². The number of hydrogen-bond donors (Lipinski definition) is 1. The van der Waals surface area contributed by atoms with Gasteiger partial charge in [0.2, 0.25) is 0 Å². The summed E-state index contributed by atoms with van der Waals surface area (Å²) in [6, 6.07) is 7.68. The summed E-state index contributed by atoms with van der Waals surface area (Å²) in [4.78, 5) is 28.6. The zero-order valence-corrected chi connectivity index (χ0v) is 17.1. The topological polar surface area (TPSA) is 99.1 Å². The molecule has 0 atom stereocenters. The van der Waals surface area contributed by atoms with Gasteiger partial charge in [-0.15, -0.1) is 0 Å². The van der Waals surface area contributed by atoms with Crippen LogP contribution in [0.5, 0.6) is 5.75 Å². The number of aromatic nitrogens is 4. The first-order chi connectivity index (χ1) is 15.2. The van der Waals surface area contributed by atoms with Gasteiger partial charge in [-0.3, -0.25) is 9.48 Å². The van der Waals surface area contributed by atoms with Crippen LogP contribution < -0.4 is 10.4 Å². The van der Waals surface area contributed by atoms with Crippen molar-refractivity contribution >= 4 is 18.1 Å².